The number of rotatable bonds is 3. The molecular weight excluding hydrogens is 288 g/mol. The van der Waals surface area contributed by atoms with Gasteiger partial charge in [0.25, 0.3) is 5.91 Å². The number of aromatic nitrogens is 1. The molecule has 1 amide bonds. The molecule has 0 radical (unpaired) electrons. The largest absolute Gasteiger partial charge is 0.373 e. The highest BCUT2D eigenvalue weighted by atomic mass is 16.2. The number of pyridine rings is 1. The second-order valence-corrected chi connectivity index (χ2v) is 6.66. The molecule has 5 nitrogen and oxygen atoms in total. The third-order valence-corrected chi connectivity index (χ3v) is 5.18. The number of anilines is 1. The van der Waals surface area contributed by atoms with Crippen LogP contribution in [-0.2, 0) is 0 Å². The number of hydrogen-bond acceptors (Lipinski definition) is 4. The van der Waals surface area contributed by atoms with Crippen molar-refractivity contribution in [3.63, 3.8) is 0 Å². The van der Waals surface area contributed by atoms with E-state index < -0.39 is 0 Å². The van der Waals surface area contributed by atoms with Crippen molar-refractivity contribution in [1.82, 2.24) is 14.8 Å². The van der Waals surface area contributed by atoms with E-state index in [0.717, 1.165) is 44.5 Å². The molecule has 1 N–H and O–H groups in total. The van der Waals surface area contributed by atoms with Crippen molar-refractivity contribution in [2.45, 2.75) is 44.6 Å². The van der Waals surface area contributed by atoms with Gasteiger partial charge in [-0.2, -0.15) is 0 Å². The Hall–Kier alpha value is -1.62. The summed E-state index contributed by atoms with van der Waals surface area (Å²) in [6.07, 6.45) is 9.56. The summed E-state index contributed by atoms with van der Waals surface area (Å²) in [5.41, 5.74) is 0.690. The van der Waals surface area contributed by atoms with Gasteiger partial charge in [0.05, 0.1) is 5.56 Å². The van der Waals surface area contributed by atoms with E-state index in [0.29, 0.717) is 5.56 Å². The van der Waals surface area contributed by atoms with Crippen molar-refractivity contribution in [1.29, 1.82) is 0 Å². The van der Waals surface area contributed by atoms with Crippen molar-refractivity contribution >= 4 is 11.7 Å². The second kappa shape index (κ2) is 7.77. The predicted octanol–water partition coefficient (Wildman–Crippen LogP) is 2.60. The molecule has 1 saturated heterocycles. The second-order valence-electron chi connectivity index (χ2n) is 6.66. The van der Waals surface area contributed by atoms with Crippen LogP contribution in [0.5, 0.6) is 0 Å². The summed E-state index contributed by atoms with van der Waals surface area (Å²) in [7, 11) is 1.83. The quantitative estimate of drug-likeness (QED) is 0.931. The maximum Gasteiger partial charge on any atom is 0.255 e. The van der Waals surface area contributed by atoms with E-state index in [1.54, 1.807) is 6.20 Å². The highest BCUT2D eigenvalue weighted by molar-refractivity contribution is 5.94. The van der Waals surface area contributed by atoms with Crippen LogP contribution in [0.3, 0.4) is 0 Å². The summed E-state index contributed by atoms with van der Waals surface area (Å²) >= 11 is 0. The molecular formula is C18H28N4O. The summed E-state index contributed by atoms with van der Waals surface area (Å²) in [6.45, 7) is 3.84. The van der Waals surface area contributed by atoms with Crippen LogP contribution in [0.25, 0.3) is 0 Å². The lowest BCUT2D eigenvalue weighted by Crippen LogP contribution is -2.40. The Morgan fingerprint density at radius 1 is 1.09 bits per heavy atom. The molecule has 1 aliphatic heterocycles. The van der Waals surface area contributed by atoms with Gasteiger partial charge in [-0.1, -0.05) is 19.3 Å². The Bertz CT molecular complexity index is 510. The number of nitrogens with zero attached hydrogens (tertiary/aromatic N) is 3. The molecule has 0 atom stereocenters. The van der Waals surface area contributed by atoms with Crippen molar-refractivity contribution in [3.05, 3.63) is 23.9 Å². The molecule has 23 heavy (non-hydrogen) atoms. The first kappa shape index (κ1) is 16.2. The minimum Gasteiger partial charge on any atom is -0.373 e. The molecule has 0 unspecified atom stereocenters. The number of nitrogens with one attached hydrogen (secondary N) is 1. The molecule has 1 aromatic rings. The molecule has 0 bridgehead atoms. The molecule has 3 rings (SSSR count). The van der Waals surface area contributed by atoms with Crippen LogP contribution in [0, 0.1) is 0 Å². The van der Waals surface area contributed by atoms with Gasteiger partial charge in [-0.3, -0.25) is 9.69 Å². The zero-order chi connectivity index (χ0) is 16.1. The van der Waals surface area contributed by atoms with Gasteiger partial charge in [-0.25, -0.2) is 4.98 Å². The van der Waals surface area contributed by atoms with Crippen LogP contribution in [0.1, 0.15) is 48.9 Å². The Balaban J connectivity index is 1.59. The highest BCUT2D eigenvalue weighted by Gasteiger charge is 2.25. The van der Waals surface area contributed by atoms with E-state index in [-0.39, 0.29) is 5.91 Å². The molecule has 0 aromatic carbocycles. The molecule has 5 heteroatoms. The van der Waals surface area contributed by atoms with Gasteiger partial charge in [0.15, 0.2) is 0 Å². The van der Waals surface area contributed by atoms with Gasteiger partial charge >= 0.3 is 0 Å². The van der Waals surface area contributed by atoms with Crippen molar-refractivity contribution in [3.8, 4) is 0 Å². The zero-order valence-electron chi connectivity index (χ0n) is 14.1. The summed E-state index contributed by atoms with van der Waals surface area (Å²) in [5.74, 6) is 0.909. The van der Waals surface area contributed by atoms with Gasteiger partial charge in [0.1, 0.15) is 5.82 Å². The maximum atomic E-state index is 12.7. The molecule has 2 fully saturated rings. The Kier molecular flexibility index (Phi) is 5.49. The van der Waals surface area contributed by atoms with E-state index in [1.165, 1.54) is 32.1 Å². The van der Waals surface area contributed by atoms with Gasteiger partial charge < -0.3 is 10.2 Å². The van der Waals surface area contributed by atoms with Crippen LogP contribution in [0.2, 0.25) is 0 Å². The Labute approximate surface area is 139 Å². The first-order valence-corrected chi connectivity index (χ1v) is 8.95. The van der Waals surface area contributed by atoms with Gasteiger partial charge in [-0.05, 0) is 31.4 Å². The SMILES string of the molecule is CNc1ccc(C(=O)N2CCCN(C3CCCCC3)CC2)cn1. The Morgan fingerprint density at radius 2 is 1.91 bits per heavy atom. The van der Waals surface area contributed by atoms with Gasteiger partial charge in [0, 0.05) is 45.5 Å². The molecule has 2 aliphatic rings. The minimum atomic E-state index is 0.116. The number of hydrogen-bond donors (Lipinski definition) is 1. The first-order chi connectivity index (χ1) is 11.3. The van der Waals surface area contributed by atoms with Crippen LogP contribution in [0.15, 0.2) is 18.3 Å². The van der Waals surface area contributed by atoms with Crippen LogP contribution in [0.4, 0.5) is 5.82 Å². The van der Waals surface area contributed by atoms with Crippen molar-refractivity contribution in [2.24, 2.45) is 0 Å². The predicted molar refractivity (Wildman–Crippen MR) is 92.8 cm³/mol. The molecule has 1 aromatic heterocycles. The lowest BCUT2D eigenvalue weighted by Gasteiger charge is -2.33. The number of carbonyl (C=O) groups excluding carboxylic acids is 1. The fourth-order valence-electron chi connectivity index (χ4n) is 3.80. The van der Waals surface area contributed by atoms with E-state index in [4.69, 9.17) is 0 Å². The van der Waals surface area contributed by atoms with Crippen molar-refractivity contribution < 1.29 is 4.79 Å². The molecule has 1 saturated carbocycles. The Morgan fingerprint density at radius 3 is 2.61 bits per heavy atom. The molecule has 126 valence electrons. The standard InChI is InChI=1S/C18H28N4O/c1-19-17-9-8-15(14-20-17)18(23)22-11-5-10-21(12-13-22)16-6-3-2-4-7-16/h8-9,14,16H,2-7,10-13H2,1H3,(H,19,20). The van der Waals surface area contributed by atoms with Crippen LogP contribution < -0.4 is 5.32 Å². The van der Waals surface area contributed by atoms with Crippen molar-refractivity contribution in [2.75, 3.05) is 38.5 Å². The lowest BCUT2D eigenvalue weighted by atomic mass is 9.94. The normalized spacial score (nSPS) is 21.0. The summed E-state index contributed by atoms with van der Waals surface area (Å²) in [5, 5.41) is 2.98. The zero-order valence-corrected chi connectivity index (χ0v) is 14.1. The average molecular weight is 316 g/mol. The fourth-order valence-corrected chi connectivity index (χ4v) is 3.80. The molecule has 1 aliphatic carbocycles. The smallest absolute Gasteiger partial charge is 0.255 e. The van der Waals surface area contributed by atoms with Gasteiger partial charge in [0.2, 0.25) is 0 Å². The van der Waals surface area contributed by atoms with Crippen LogP contribution in [-0.4, -0.2) is 60.0 Å². The molecule has 2 heterocycles. The maximum absolute atomic E-state index is 12.7. The molecule has 0 spiro atoms. The highest BCUT2D eigenvalue weighted by Crippen LogP contribution is 2.23. The third kappa shape index (κ3) is 4.02. The van der Waals surface area contributed by atoms with Crippen LogP contribution >= 0.6 is 0 Å². The van der Waals surface area contributed by atoms with E-state index in [9.17, 15) is 4.79 Å². The monoisotopic (exact) mass is 316 g/mol. The first-order valence-electron chi connectivity index (χ1n) is 8.95. The van der Waals surface area contributed by atoms with E-state index >= 15 is 0 Å². The lowest BCUT2D eigenvalue weighted by molar-refractivity contribution is 0.0754. The average Bonchev–Trinajstić information content (AvgIpc) is 2.88. The summed E-state index contributed by atoms with van der Waals surface area (Å²) < 4.78 is 0. The third-order valence-electron chi connectivity index (χ3n) is 5.18. The summed E-state index contributed by atoms with van der Waals surface area (Å²) in [6, 6.07) is 4.47. The topological polar surface area (TPSA) is 48.5 Å². The van der Waals surface area contributed by atoms with Gasteiger partial charge in [-0.15, -0.1) is 0 Å². The van der Waals surface area contributed by atoms with E-state index in [2.05, 4.69) is 15.2 Å². The fraction of sp³-hybridized carbons (Fsp3) is 0.667. The summed E-state index contributed by atoms with van der Waals surface area (Å²) in [4.78, 5) is 21.6. The number of carbonyl (C=O) groups is 1. The minimum absolute atomic E-state index is 0.116. The van der Waals surface area contributed by atoms with E-state index in [1.807, 2.05) is 24.1 Å². The number of amides is 1.